The third-order valence-electron chi connectivity index (χ3n) is 2.63. The molecular weight excluding hydrogens is 226 g/mol. The van der Waals surface area contributed by atoms with Gasteiger partial charge in [-0.05, 0) is 18.6 Å². The summed E-state index contributed by atoms with van der Waals surface area (Å²) in [5, 5.41) is 0. The Labute approximate surface area is 106 Å². The van der Waals surface area contributed by atoms with Gasteiger partial charge in [0, 0.05) is 19.3 Å². The largest absolute Gasteiger partial charge is 0.336 e. The second-order valence-corrected chi connectivity index (χ2v) is 4.19. The van der Waals surface area contributed by atoms with E-state index >= 15 is 0 Å². The number of benzene rings is 1. The maximum atomic E-state index is 12.1. The monoisotopic (exact) mass is 241 g/mol. The fourth-order valence-electron chi connectivity index (χ4n) is 1.70. The van der Waals surface area contributed by atoms with E-state index in [-0.39, 0.29) is 5.91 Å². The molecule has 1 heterocycles. The fraction of sp³-hybridized carbons (Fsp3) is 0.214. The molecule has 0 saturated heterocycles. The van der Waals surface area contributed by atoms with Gasteiger partial charge in [-0.3, -0.25) is 4.79 Å². The standard InChI is InChI=1S/C14H15N3O/c1-11-8-13(16-10-15-11)14(18)17(2)9-12-6-4-3-5-7-12/h3-8,10H,9H2,1-2H3. The topological polar surface area (TPSA) is 46.1 Å². The summed E-state index contributed by atoms with van der Waals surface area (Å²) < 4.78 is 0. The number of aryl methyl sites for hydroxylation is 1. The van der Waals surface area contributed by atoms with E-state index in [0.717, 1.165) is 11.3 Å². The quantitative estimate of drug-likeness (QED) is 0.826. The number of nitrogens with zero attached hydrogens (tertiary/aromatic N) is 3. The van der Waals surface area contributed by atoms with Gasteiger partial charge in [0.05, 0.1) is 0 Å². The number of carbonyl (C=O) groups excluding carboxylic acids is 1. The summed E-state index contributed by atoms with van der Waals surface area (Å²) in [5.41, 5.74) is 2.32. The zero-order chi connectivity index (χ0) is 13.0. The van der Waals surface area contributed by atoms with Gasteiger partial charge in [0.2, 0.25) is 0 Å². The molecule has 1 aromatic heterocycles. The van der Waals surface area contributed by atoms with Gasteiger partial charge in [0.1, 0.15) is 12.0 Å². The molecule has 0 unspecified atom stereocenters. The zero-order valence-electron chi connectivity index (χ0n) is 10.5. The van der Waals surface area contributed by atoms with Crippen LogP contribution in [0.5, 0.6) is 0 Å². The van der Waals surface area contributed by atoms with Crippen LogP contribution in [-0.4, -0.2) is 27.8 Å². The first kappa shape index (κ1) is 12.2. The minimum absolute atomic E-state index is 0.0932. The van der Waals surface area contributed by atoms with E-state index in [1.54, 1.807) is 18.0 Å². The van der Waals surface area contributed by atoms with Crippen LogP contribution in [0, 0.1) is 6.92 Å². The van der Waals surface area contributed by atoms with Gasteiger partial charge in [-0.15, -0.1) is 0 Å². The van der Waals surface area contributed by atoms with Gasteiger partial charge in [0.15, 0.2) is 0 Å². The second kappa shape index (κ2) is 5.40. The smallest absolute Gasteiger partial charge is 0.272 e. The highest BCUT2D eigenvalue weighted by Gasteiger charge is 2.13. The van der Waals surface area contributed by atoms with E-state index in [1.165, 1.54) is 6.33 Å². The maximum Gasteiger partial charge on any atom is 0.272 e. The van der Waals surface area contributed by atoms with Crippen molar-refractivity contribution in [2.24, 2.45) is 0 Å². The highest BCUT2D eigenvalue weighted by Crippen LogP contribution is 2.06. The Hall–Kier alpha value is -2.23. The summed E-state index contributed by atoms with van der Waals surface area (Å²) in [4.78, 5) is 21.8. The summed E-state index contributed by atoms with van der Waals surface area (Å²) in [7, 11) is 1.77. The number of hydrogen-bond donors (Lipinski definition) is 0. The molecule has 0 N–H and O–H groups in total. The molecule has 0 radical (unpaired) electrons. The van der Waals surface area contributed by atoms with Gasteiger partial charge >= 0.3 is 0 Å². The number of rotatable bonds is 3. The van der Waals surface area contributed by atoms with Gasteiger partial charge in [-0.1, -0.05) is 30.3 Å². The average molecular weight is 241 g/mol. The minimum atomic E-state index is -0.0932. The third-order valence-corrected chi connectivity index (χ3v) is 2.63. The third kappa shape index (κ3) is 2.91. The number of aromatic nitrogens is 2. The summed E-state index contributed by atoms with van der Waals surface area (Å²) in [6.45, 7) is 2.42. The molecule has 0 spiro atoms. The Balaban J connectivity index is 2.10. The lowest BCUT2D eigenvalue weighted by atomic mass is 10.2. The van der Waals surface area contributed by atoms with Gasteiger partial charge in [-0.25, -0.2) is 9.97 Å². The Morgan fingerprint density at radius 2 is 1.94 bits per heavy atom. The molecule has 4 nitrogen and oxygen atoms in total. The molecule has 0 aliphatic rings. The van der Waals surface area contributed by atoms with E-state index in [4.69, 9.17) is 0 Å². The first-order chi connectivity index (χ1) is 8.66. The van der Waals surface area contributed by atoms with Crippen LogP contribution in [0.4, 0.5) is 0 Å². The molecule has 92 valence electrons. The van der Waals surface area contributed by atoms with Gasteiger partial charge < -0.3 is 4.90 Å². The van der Waals surface area contributed by atoms with Crippen molar-refractivity contribution in [3.63, 3.8) is 0 Å². The molecule has 4 heteroatoms. The molecule has 0 saturated carbocycles. The van der Waals surface area contributed by atoms with E-state index in [2.05, 4.69) is 9.97 Å². The van der Waals surface area contributed by atoms with E-state index < -0.39 is 0 Å². The Morgan fingerprint density at radius 3 is 2.61 bits per heavy atom. The Morgan fingerprint density at radius 1 is 1.22 bits per heavy atom. The highest BCUT2D eigenvalue weighted by molar-refractivity contribution is 5.92. The molecule has 0 atom stereocenters. The molecule has 18 heavy (non-hydrogen) atoms. The lowest BCUT2D eigenvalue weighted by Gasteiger charge is -2.16. The number of carbonyl (C=O) groups is 1. The van der Waals surface area contributed by atoms with Crippen LogP contribution < -0.4 is 0 Å². The van der Waals surface area contributed by atoms with Crippen LogP contribution >= 0.6 is 0 Å². The maximum absolute atomic E-state index is 12.1. The van der Waals surface area contributed by atoms with Gasteiger partial charge in [-0.2, -0.15) is 0 Å². The minimum Gasteiger partial charge on any atom is -0.336 e. The van der Waals surface area contributed by atoms with Crippen molar-refractivity contribution in [2.75, 3.05) is 7.05 Å². The van der Waals surface area contributed by atoms with E-state index in [1.807, 2.05) is 37.3 Å². The lowest BCUT2D eigenvalue weighted by Crippen LogP contribution is -2.27. The number of hydrogen-bond acceptors (Lipinski definition) is 3. The van der Waals surface area contributed by atoms with Crippen LogP contribution in [0.1, 0.15) is 21.7 Å². The second-order valence-electron chi connectivity index (χ2n) is 4.19. The van der Waals surface area contributed by atoms with E-state index in [0.29, 0.717) is 12.2 Å². The predicted molar refractivity (Wildman–Crippen MR) is 69.0 cm³/mol. The molecule has 2 aromatic rings. The van der Waals surface area contributed by atoms with Crippen molar-refractivity contribution in [1.29, 1.82) is 0 Å². The van der Waals surface area contributed by atoms with Crippen LogP contribution in [-0.2, 0) is 6.54 Å². The first-order valence-corrected chi connectivity index (χ1v) is 5.75. The zero-order valence-corrected chi connectivity index (χ0v) is 10.5. The van der Waals surface area contributed by atoms with Crippen LogP contribution in [0.2, 0.25) is 0 Å². The molecule has 0 aliphatic carbocycles. The lowest BCUT2D eigenvalue weighted by molar-refractivity contribution is 0.0779. The average Bonchev–Trinajstić information content (AvgIpc) is 2.39. The first-order valence-electron chi connectivity index (χ1n) is 5.75. The van der Waals surface area contributed by atoms with Gasteiger partial charge in [0.25, 0.3) is 5.91 Å². The Bertz CT molecular complexity index is 540. The Kier molecular flexibility index (Phi) is 3.67. The molecule has 2 rings (SSSR count). The molecule has 0 bridgehead atoms. The molecule has 1 amide bonds. The molecule has 1 aromatic carbocycles. The summed E-state index contributed by atoms with van der Waals surface area (Å²) in [5.74, 6) is -0.0932. The summed E-state index contributed by atoms with van der Waals surface area (Å²) in [6, 6.07) is 11.6. The van der Waals surface area contributed by atoms with Crippen LogP contribution in [0.3, 0.4) is 0 Å². The van der Waals surface area contributed by atoms with Crippen LogP contribution in [0.15, 0.2) is 42.7 Å². The van der Waals surface area contributed by atoms with Crippen molar-refractivity contribution in [1.82, 2.24) is 14.9 Å². The molecular formula is C14H15N3O. The van der Waals surface area contributed by atoms with Crippen molar-refractivity contribution in [3.8, 4) is 0 Å². The van der Waals surface area contributed by atoms with Crippen molar-refractivity contribution in [3.05, 3.63) is 59.7 Å². The SMILES string of the molecule is Cc1cc(C(=O)N(C)Cc2ccccc2)ncn1. The summed E-state index contributed by atoms with van der Waals surface area (Å²) >= 11 is 0. The fourth-order valence-corrected chi connectivity index (χ4v) is 1.70. The van der Waals surface area contributed by atoms with Crippen LogP contribution in [0.25, 0.3) is 0 Å². The predicted octanol–water partition coefficient (Wildman–Crippen LogP) is 2.06. The molecule has 0 fully saturated rings. The summed E-state index contributed by atoms with van der Waals surface area (Å²) in [6.07, 6.45) is 1.42. The van der Waals surface area contributed by atoms with Crippen molar-refractivity contribution in [2.45, 2.75) is 13.5 Å². The van der Waals surface area contributed by atoms with Crippen molar-refractivity contribution < 1.29 is 4.79 Å². The highest BCUT2D eigenvalue weighted by atomic mass is 16.2. The number of amides is 1. The van der Waals surface area contributed by atoms with Crippen molar-refractivity contribution >= 4 is 5.91 Å². The van der Waals surface area contributed by atoms with E-state index in [9.17, 15) is 4.79 Å². The molecule has 0 aliphatic heterocycles. The normalized spacial score (nSPS) is 10.1.